The van der Waals surface area contributed by atoms with E-state index in [1.54, 1.807) is 0 Å². The van der Waals surface area contributed by atoms with Crippen LogP contribution in [0.4, 0.5) is 0 Å². The van der Waals surface area contributed by atoms with Crippen molar-refractivity contribution < 1.29 is 5.11 Å². The second-order valence-electron chi connectivity index (χ2n) is 13.6. The molecule has 0 aromatic carbocycles. The lowest BCUT2D eigenvalue weighted by atomic mass is 10.1. The van der Waals surface area contributed by atoms with E-state index >= 15 is 0 Å². The van der Waals surface area contributed by atoms with Gasteiger partial charge < -0.3 is 5.11 Å². The van der Waals surface area contributed by atoms with Gasteiger partial charge in [0.2, 0.25) is 0 Å². The van der Waals surface area contributed by atoms with Crippen LogP contribution in [0.25, 0.3) is 0 Å². The minimum absolute atomic E-state index is 0.297. The first-order valence-corrected chi connectivity index (χ1v) is 19.7. The van der Waals surface area contributed by atoms with Crippen LogP contribution >= 0.6 is 0 Å². The Balaban J connectivity index is 2.01. The van der Waals surface area contributed by atoms with E-state index in [4.69, 9.17) is 0 Å². The standard InChI is InChI=1S/C40H78N2O/c1-3-5-7-9-11-13-15-17-19-21-23-25-27-29-31-33-35-41-36-37-42(38-39-43)40(41)34-32-30-28-26-24-22-20-18-16-14-12-10-8-6-4-2/h17-20,40,43H,3-16,21-39H2,1-2H3/b19-17+,20-18+. The summed E-state index contributed by atoms with van der Waals surface area (Å²) in [7, 11) is 0. The maximum absolute atomic E-state index is 9.59. The topological polar surface area (TPSA) is 26.7 Å². The molecule has 0 spiro atoms. The second-order valence-corrected chi connectivity index (χ2v) is 13.6. The molecule has 1 rings (SSSR count). The highest BCUT2D eigenvalue weighted by molar-refractivity contribution is 4.83. The zero-order valence-electron chi connectivity index (χ0n) is 29.6. The van der Waals surface area contributed by atoms with Crippen molar-refractivity contribution in [2.24, 2.45) is 0 Å². The molecule has 1 fully saturated rings. The van der Waals surface area contributed by atoms with Crippen molar-refractivity contribution >= 4 is 0 Å². The van der Waals surface area contributed by atoms with Crippen LogP contribution in [-0.4, -0.2) is 53.9 Å². The maximum Gasteiger partial charge on any atom is 0.0624 e. The van der Waals surface area contributed by atoms with Crippen LogP contribution in [0.1, 0.15) is 194 Å². The van der Waals surface area contributed by atoms with Crippen molar-refractivity contribution in [2.45, 2.75) is 200 Å². The van der Waals surface area contributed by atoms with Gasteiger partial charge in [0.25, 0.3) is 0 Å². The van der Waals surface area contributed by atoms with Gasteiger partial charge in [-0.15, -0.1) is 0 Å². The van der Waals surface area contributed by atoms with Gasteiger partial charge in [-0.3, -0.25) is 9.80 Å². The molecule has 3 heteroatoms. The van der Waals surface area contributed by atoms with Crippen LogP contribution in [-0.2, 0) is 0 Å². The SMILES string of the molecule is CCCCCCCC/C=C/CCCCCCCCN1CCN(CCO)C1CCCCCCC/C=C/CCCCCCCC. The number of β-amino-alcohol motifs (C(OH)–C–C–N with tert-alkyl or cyclic N) is 1. The Morgan fingerprint density at radius 3 is 1.21 bits per heavy atom. The molecule has 0 aliphatic carbocycles. The van der Waals surface area contributed by atoms with Crippen molar-refractivity contribution in [3.63, 3.8) is 0 Å². The van der Waals surface area contributed by atoms with E-state index in [0.717, 1.165) is 13.1 Å². The van der Waals surface area contributed by atoms with Crippen LogP contribution in [0.2, 0.25) is 0 Å². The number of hydrogen-bond donors (Lipinski definition) is 1. The molecular weight excluding hydrogens is 524 g/mol. The molecule has 1 atom stereocenters. The Hall–Kier alpha value is -0.640. The molecule has 0 amide bonds. The van der Waals surface area contributed by atoms with Crippen molar-refractivity contribution in [1.29, 1.82) is 0 Å². The average Bonchev–Trinajstić information content (AvgIpc) is 3.39. The lowest BCUT2D eigenvalue weighted by Crippen LogP contribution is -2.40. The molecule has 0 aromatic heterocycles. The Morgan fingerprint density at radius 1 is 0.442 bits per heavy atom. The van der Waals surface area contributed by atoms with Crippen molar-refractivity contribution in [3.8, 4) is 0 Å². The Morgan fingerprint density at radius 2 is 0.791 bits per heavy atom. The molecule has 1 unspecified atom stereocenters. The third kappa shape index (κ3) is 25.3. The van der Waals surface area contributed by atoms with Gasteiger partial charge in [-0.25, -0.2) is 0 Å². The van der Waals surface area contributed by atoms with Gasteiger partial charge in [0.15, 0.2) is 0 Å². The summed E-state index contributed by atoms with van der Waals surface area (Å²) in [5.74, 6) is 0. The number of hydrogen-bond acceptors (Lipinski definition) is 3. The Labute approximate surface area is 271 Å². The average molecular weight is 603 g/mol. The fourth-order valence-corrected chi connectivity index (χ4v) is 6.76. The third-order valence-electron chi connectivity index (χ3n) is 9.59. The fraction of sp³-hybridized carbons (Fsp3) is 0.900. The number of aliphatic hydroxyl groups is 1. The number of allylic oxidation sites excluding steroid dienone is 4. The molecule has 0 saturated carbocycles. The summed E-state index contributed by atoms with van der Waals surface area (Å²) in [6, 6.07) is 0. The summed E-state index contributed by atoms with van der Waals surface area (Å²) in [5, 5.41) is 9.59. The summed E-state index contributed by atoms with van der Waals surface area (Å²) < 4.78 is 0. The van der Waals surface area contributed by atoms with Gasteiger partial charge in [0.1, 0.15) is 0 Å². The van der Waals surface area contributed by atoms with E-state index < -0.39 is 0 Å². The molecule has 0 aromatic rings. The highest BCUT2D eigenvalue weighted by atomic mass is 16.3. The molecule has 1 aliphatic rings. The van der Waals surface area contributed by atoms with E-state index in [9.17, 15) is 5.11 Å². The molecular formula is C40H78N2O. The van der Waals surface area contributed by atoms with Crippen molar-refractivity contribution in [1.82, 2.24) is 9.80 Å². The molecule has 254 valence electrons. The van der Waals surface area contributed by atoms with Crippen LogP contribution in [0.3, 0.4) is 0 Å². The number of aliphatic hydroxyl groups excluding tert-OH is 1. The molecule has 3 nitrogen and oxygen atoms in total. The quantitative estimate of drug-likeness (QED) is 0.0598. The molecule has 1 N–H and O–H groups in total. The number of unbranched alkanes of at least 4 members (excludes halogenated alkanes) is 23. The monoisotopic (exact) mass is 603 g/mol. The summed E-state index contributed by atoms with van der Waals surface area (Å²) >= 11 is 0. The van der Waals surface area contributed by atoms with Crippen LogP contribution in [0.5, 0.6) is 0 Å². The van der Waals surface area contributed by atoms with E-state index in [1.165, 1.54) is 193 Å². The summed E-state index contributed by atoms with van der Waals surface area (Å²) in [6.45, 7) is 9.31. The molecule has 0 bridgehead atoms. The first kappa shape index (κ1) is 40.4. The van der Waals surface area contributed by atoms with Crippen molar-refractivity contribution in [3.05, 3.63) is 24.3 Å². The molecule has 43 heavy (non-hydrogen) atoms. The van der Waals surface area contributed by atoms with E-state index in [-0.39, 0.29) is 0 Å². The van der Waals surface area contributed by atoms with E-state index in [1.807, 2.05) is 0 Å². The minimum Gasteiger partial charge on any atom is -0.395 e. The molecule has 0 radical (unpaired) electrons. The van der Waals surface area contributed by atoms with Gasteiger partial charge in [0.05, 0.1) is 12.8 Å². The normalized spacial score (nSPS) is 16.5. The largest absolute Gasteiger partial charge is 0.395 e. The van der Waals surface area contributed by atoms with Gasteiger partial charge in [-0.2, -0.15) is 0 Å². The lowest BCUT2D eigenvalue weighted by molar-refractivity contribution is 0.103. The smallest absolute Gasteiger partial charge is 0.0624 e. The second kappa shape index (κ2) is 32.7. The van der Waals surface area contributed by atoms with Gasteiger partial charge in [-0.05, 0) is 70.8 Å². The van der Waals surface area contributed by atoms with E-state index in [2.05, 4.69) is 48.0 Å². The third-order valence-corrected chi connectivity index (χ3v) is 9.59. The zero-order valence-corrected chi connectivity index (χ0v) is 29.6. The van der Waals surface area contributed by atoms with Crippen LogP contribution in [0, 0.1) is 0 Å². The van der Waals surface area contributed by atoms with Crippen LogP contribution < -0.4 is 0 Å². The maximum atomic E-state index is 9.59. The molecule has 1 aliphatic heterocycles. The summed E-state index contributed by atoms with van der Waals surface area (Å²) in [4.78, 5) is 5.29. The molecule has 1 saturated heterocycles. The van der Waals surface area contributed by atoms with Gasteiger partial charge >= 0.3 is 0 Å². The Bertz CT molecular complexity index is 603. The summed E-state index contributed by atoms with van der Waals surface area (Å²) in [6.07, 6.45) is 48.6. The van der Waals surface area contributed by atoms with E-state index in [0.29, 0.717) is 12.8 Å². The minimum atomic E-state index is 0.297. The number of rotatable bonds is 33. The Kier molecular flexibility index (Phi) is 30.8. The zero-order chi connectivity index (χ0) is 30.9. The van der Waals surface area contributed by atoms with Crippen LogP contribution in [0.15, 0.2) is 24.3 Å². The fourth-order valence-electron chi connectivity index (χ4n) is 6.76. The number of nitrogens with zero attached hydrogens (tertiary/aromatic N) is 2. The molecule has 1 heterocycles. The van der Waals surface area contributed by atoms with Crippen molar-refractivity contribution in [2.75, 3.05) is 32.8 Å². The first-order valence-electron chi connectivity index (χ1n) is 19.7. The van der Waals surface area contributed by atoms with Gasteiger partial charge in [-0.1, -0.05) is 154 Å². The highest BCUT2D eigenvalue weighted by Gasteiger charge is 2.30. The van der Waals surface area contributed by atoms with Gasteiger partial charge in [0, 0.05) is 19.6 Å². The first-order chi connectivity index (χ1) is 21.3. The lowest BCUT2D eigenvalue weighted by Gasteiger charge is -2.30. The predicted octanol–water partition coefficient (Wildman–Crippen LogP) is 12.0. The summed E-state index contributed by atoms with van der Waals surface area (Å²) in [5.41, 5.74) is 0. The highest BCUT2D eigenvalue weighted by Crippen LogP contribution is 2.22. The predicted molar refractivity (Wildman–Crippen MR) is 193 cm³/mol.